The van der Waals surface area contributed by atoms with Gasteiger partial charge in [-0.3, -0.25) is 5.43 Å². The highest BCUT2D eigenvalue weighted by atomic mass is 79.9. The maximum Gasteiger partial charge on any atom is 0.239 e. The van der Waals surface area contributed by atoms with Crippen molar-refractivity contribution in [2.45, 2.75) is 32.8 Å². The molecule has 0 aliphatic heterocycles. The van der Waals surface area contributed by atoms with Gasteiger partial charge in [0.15, 0.2) is 0 Å². The lowest BCUT2D eigenvalue weighted by atomic mass is 10.3. The second-order valence-corrected chi connectivity index (χ2v) is 4.94. The minimum atomic E-state index is 0.298. The highest BCUT2D eigenvalue weighted by Crippen LogP contribution is 2.19. The van der Waals surface area contributed by atoms with Crippen LogP contribution < -0.4 is 16.6 Å². The number of aromatic nitrogens is 2. The Kier molecular flexibility index (Phi) is 6.92. The van der Waals surface area contributed by atoms with E-state index in [2.05, 4.69) is 36.6 Å². The molecule has 0 fully saturated rings. The molecule has 0 bridgehead atoms. The molecular weight excluding hydrogens is 298 g/mol. The molecule has 0 unspecified atom stereocenters. The average molecular weight is 318 g/mol. The van der Waals surface area contributed by atoms with E-state index in [0.29, 0.717) is 12.1 Å². The van der Waals surface area contributed by atoms with Gasteiger partial charge in [-0.2, -0.15) is 4.98 Å². The van der Waals surface area contributed by atoms with Crippen LogP contribution in [0.2, 0.25) is 0 Å². The lowest BCUT2D eigenvalue weighted by Gasteiger charge is -2.09. The van der Waals surface area contributed by atoms with Gasteiger partial charge in [0.25, 0.3) is 0 Å². The topological polar surface area (TPSA) is 85.1 Å². The van der Waals surface area contributed by atoms with Crippen LogP contribution in [-0.4, -0.2) is 29.2 Å². The van der Waals surface area contributed by atoms with Crippen LogP contribution in [0.3, 0.4) is 0 Å². The highest BCUT2D eigenvalue weighted by Gasteiger charge is 2.03. The zero-order valence-electron chi connectivity index (χ0n) is 10.7. The average Bonchev–Trinajstić information content (AvgIpc) is 2.35. The van der Waals surface area contributed by atoms with Crippen LogP contribution >= 0.6 is 15.9 Å². The predicted octanol–water partition coefficient (Wildman–Crippen LogP) is 2.14. The summed E-state index contributed by atoms with van der Waals surface area (Å²) < 4.78 is 6.28. The van der Waals surface area contributed by atoms with Gasteiger partial charge in [0.05, 0.1) is 10.6 Å². The van der Waals surface area contributed by atoms with Crippen molar-refractivity contribution in [2.75, 3.05) is 23.9 Å². The molecule has 0 aliphatic carbocycles. The summed E-state index contributed by atoms with van der Waals surface area (Å²) in [7, 11) is 0. The van der Waals surface area contributed by atoms with Crippen LogP contribution in [0, 0.1) is 0 Å². The van der Waals surface area contributed by atoms with Gasteiger partial charge in [0.2, 0.25) is 5.95 Å². The van der Waals surface area contributed by atoms with Crippen molar-refractivity contribution < 1.29 is 4.74 Å². The Bertz CT molecular complexity index is 361. The number of nitrogens with one attached hydrogen (secondary N) is 2. The summed E-state index contributed by atoms with van der Waals surface area (Å²) >= 11 is 3.38. The first-order chi connectivity index (χ1) is 8.63. The summed E-state index contributed by atoms with van der Waals surface area (Å²) in [6.07, 6.45) is 4.00. The molecule has 1 heterocycles. The monoisotopic (exact) mass is 317 g/mol. The van der Waals surface area contributed by atoms with Crippen LogP contribution in [-0.2, 0) is 4.74 Å². The Balaban J connectivity index is 2.26. The molecule has 4 N–H and O–H groups in total. The largest absolute Gasteiger partial charge is 0.379 e. The normalized spacial score (nSPS) is 10.7. The van der Waals surface area contributed by atoms with Crippen molar-refractivity contribution in [3.63, 3.8) is 0 Å². The summed E-state index contributed by atoms with van der Waals surface area (Å²) in [4.78, 5) is 8.18. The quantitative estimate of drug-likeness (QED) is 0.387. The number of nitrogen functional groups attached to an aromatic ring is 1. The first kappa shape index (κ1) is 15.1. The van der Waals surface area contributed by atoms with E-state index in [1.165, 1.54) is 0 Å². The number of hydrogen-bond acceptors (Lipinski definition) is 6. The van der Waals surface area contributed by atoms with Gasteiger partial charge in [-0.1, -0.05) is 0 Å². The van der Waals surface area contributed by atoms with Crippen molar-refractivity contribution in [3.05, 3.63) is 10.7 Å². The number of unbranched alkanes of at least 4 members (excludes halogenated alkanes) is 1. The fourth-order valence-electron chi connectivity index (χ4n) is 1.31. The molecule has 1 rings (SSSR count). The number of anilines is 2. The summed E-state index contributed by atoms with van der Waals surface area (Å²) in [5, 5.41) is 3.23. The Labute approximate surface area is 116 Å². The SMILES string of the molecule is CC(C)OCCCCNc1nc(NN)ncc1Br. The van der Waals surface area contributed by atoms with Gasteiger partial charge < -0.3 is 10.1 Å². The number of rotatable bonds is 8. The van der Waals surface area contributed by atoms with Crippen LogP contribution in [0.4, 0.5) is 11.8 Å². The predicted molar refractivity (Wildman–Crippen MR) is 76.4 cm³/mol. The van der Waals surface area contributed by atoms with Crippen molar-refractivity contribution in [2.24, 2.45) is 5.84 Å². The molecule has 0 amide bonds. The minimum absolute atomic E-state index is 0.298. The molecule has 0 radical (unpaired) electrons. The van der Waals surface area contributed by atoms with Crippen molar-refractivity contribution in [3.8, 4) is 0 Å². The Morgan fingerprint density at radius 3 is 2.89 bits per heavy atom. The highest BCUT2D eigenvalue weighted by molar-refractivity contribution is 9.10. The summed E-state index contributed by atoms with van der Waals surface area (Å²) in [5.74, 6) is 6.39. The zero-order valence-corrected chi connectivity index (χ0v) is 12.3. The van der Waals surface area contributed by atoms with Crippen LogP contribution in [0.1, 0.15) is 26.7 Å². The van der Waals surface area contributed by atoms with Crippen LogP contribution in [0.15, 0.2) is 10.7 Å². The van der Waals surface area contributed by atoms with E-state index in [-0.39, 0.29) is 0 Å². The zero-order chi connectivity index (χ0) is 13.4. The molecule has 102 valence electrons. The summed E-state index contributed by atoms with van der Waals surface area (Å²) in [6, 6.07) is 0. The van der Waals surface area contributed by atoms with E-state index in [0.717, 1.165) is 36.3 Å². The maximum absolute atomic E-state index is 5.47. The lowest BCUT2D eigenvalue weighted by molar-refractivity contribution is 0.0765. The molecule has 1 aromatic rings. The third-order valence-corrected chi connectivity index (χ3v) is 2.77. The first-order valence-corrected chi connectivity index (χ1v) is 6.77. The molecule has 0 saturated heterocycles. The number of ether oxygens (including phenoxy) is 1. The Hall–Kier alpha value is -0.920. The Morgan fingerprint density at radius 2 is 2.22 bits per heavy atom. The molecule has 0 aromatic carbocycles. The molecule has 6 nitrogen and oxygen atoms in total. The number of hydrazine groups is 1. The third-order valence-electron chi connectivity index (χ3n) is 2.19. The lowest BCUT2D eigenvalue weighted by Crippen LogP contribution is -2.13. The van der Waals surface area contributed by atoms with Gasteiger partial charge >= 0.3 is 0 Å². The van der Waals surface area contributed by atoms with E-state index >= 15 is 0 Å². The maximum atomic E-state index is 5.47. The molecule has 0 aliphatic rings. The Morgan fingerprint density at radius 1 is 1.44 bits per heavy atom. The van der Waals surface area contributed by atoms with Gasteiger partial charge in [-0.25, -0.2) is 10.8 Å². The first-order valence-electron chi connectivity index (χ1n) is 5.98. The van der Waals surface area contributed by atoms with Crippen molar-refractivity contribution >= 4 is 27.7 Å². The minimum Gasteiger partial charge on any atom is -0.379 e. The third kappa shape index (κ3) is 5.61. The number of halogens is 1. The molecule has 0 atom stereocenters. The molecule has 1 aromatic heterocycles. The van der Waals surface area contributed by atoms with E-state index in [1.54, 1.807) is 6.20 Å². The second kappa shape index (κ2) is 8.23. The van der Waals surface area contributed by atoms with E-state index in [1.807, 2.05) is 13.8 Å². The number of nitrogens with two attached hydrogens (primary N) is 1. The van der Waals surface area contributed by atoms with E-state index in [4.69, 9.17) is 10.6 Å². The van der Waals surface area contributed by atoms with Crippen LogP contribution in [0.5, 0.6) is 0 Å². The standard InChI is InChI=1S/C11H20BrN5O/c1-8(2)18-6-4-3-5-14-10-9(12)7-15-11(16-10)17-13/h7-8H,3-6,13H2,1-2H3,(H2,14,15,16,17). The fourth-order valence-corrected chi connectivity index (χ4v) is 1.64. The van der Waals surface area contributed by atoms with Crippen LogP contribution in [0.25, 0.3) is 0 Å². The van der Waals surface area contributed by atoms with E-state index < -0.39 is 0 Å². The van der Waals surface area contributed by atoms with Gasteiger partial charge in [0, 0.05) is 19.3 Å². The van der Waals surface area contributed by atoms with Gasteiger partial charge in [0.1, 0.15) is 5.82 Å². The van der Waals surface area contributed by atoms with Crippen molar-refractivity contribution in [1.29, 1.82) is 0 Å². The fraction of sp³-hybridized carbons (Fsp3) is 0.636. The molecular formula is C11H20BrN5O. The molecule has 0 saturated carbocycles. The molecule has 7 heteroatoms. The molecule has 0 spiro atoms. The number of nitrogens with zero attached hydrogens (tertiary/aromatic N) is 2. The van der Waals surface area contributed by atoms with Gasteiger partial charge in [-0.15, -0.1) is 0 Å². The molecule has 18 heavy (non-hydrogen) atoms. The summed E-state index contributed by atoms with van der Waals surface area (Å²) in [5.41, 5.74) is 2.41. The van der Waals surface area contributed by atoms with Gasteiger partial charge in [-0.05, 0) is 42.6 Å². The second-order valence-electron chi connectivity index (χ2n) is 4.09. The number of hydrogen-bond donors (Lipinski definition) is 3. The van der Waals surface area contributed by atoms with Crippen molar-refractivity contribution in [1.82, 2.24) is 9.97 Å². The summed E-state index contributed by atoms with van der Waals surface area (Å²) in [6.45, 7) is 5.70. The van der Waals surface area contributed by atoms with E-state index in [9.17, 15) is 0 Å². The smallest absolute Gasteiger partial charge is 0.239 e.